The van der Waals surface area contributed by atoms with E-state index in [9.17, 15) is 13.2 Å². The van der Waals surface area contributed by atoms with Crippen molar-refractivity contribution in [3.05, 3.63) is 0 Å². The maximum atomic E-state index is 11.7. The van der Waals surface area contributed by atoms with Gasteiger partial charge >= 0.3 is 85.3 Å². The fourth-order valence-corrected chi connectivity index (χ4v) is 3.64. The monoisotopic (exact) mass is 276 g/mol. The van der Waals surface area contributed by atoms with E-state index < -0.39 is 28.5 Å². The van der Waals surface area contributed by atoms with Crippen LogP contribution in [0.1, 0.15) is 13.8 Å². The van der Waals surface area contributed by atoms with E-state index in [0.29, 0.717) is 13.2 Å². The van der Waals surface area contributed by atoms with Crippen molar-refractivity contribution in [2.75, 3.05) is 19.8 Å². The molecule has 0 saturated carbocycles. The molecule has 1 aliphatic heterocycles. The number of hydrogen-bond donors (Lipinski definition) is 0. The molecule has 3 nitrogen and oxygen atoms in total. The topological polar surface area (TPSA) is 27.7 Å². The van der Waals surface area contributed by atoms with Crippen molar-refractivity contribution in [1.29, 1.82) is 0 Å². The van der Waals surface area contributed by atoms with E-state index in [4.69, 9.17) is 7.45 Å². The molecule has 0 aliphatic carbocycles. The zero-order chi connectivity index (χ0) is 10.8. The van der Waals surface area contributed by atoms with Crippen LogP contribution in [0.2, 0.25) is 0 Å². The van der Waals surface area contributed by atoms with Gasteiger partial charge in [0.05, 0.1) is 0 Å². The zero-order valence-electron chi connectivity index (χ0n) is 7.93. The summed E-state index contributed by atoms with van der Waals surface area (Å²) in [6.45, 7) is 3.34. The van der Waals surface area contributed by atoms with E-state index in [2.05, 4.69) is 3.73 Å². The third-order valence-corrected chi connectivity index (χ3v) is 3.59. The van der Waals surface area contributed by atoms with Crippen LogP contribution in [-0.2, 0) is 11.2 Å². The second kappa shape index (κ2) is 4.39. The van der Waals surface area contributed by atoms with Crippen LogP contribution in [0.15, 0.2) is 0 Å². The summed E-state index contributed by atoms with van der Waals surface area (Å²) in [5, 5.41) is 0. The molecule has 1 fully saturated rings. The SMILES string of the molecule is CC1(C)CO[As](OCC(F)(F)F)OC1. The predicted octanol–water partition coefficient (Wildman–Crippen LogP) is 1.62. The average molecular weight is 276 g/mol. The predicted molar refractivity (Wildman–Crippen MR) is 43.4 cm³/mol. The van der Waals surface area contributed by atoms with E-state index in [-0.39, 0.29) is 5.41 Å². The number of hydrogen-bond acceptors (Lipinski definition) is 3. The summed E-state index contributed by atoms with van der Waals surface area (Å²) in [5.74, 6) is 0. The van der Waals surface area contributed by atoms with E-state index in [1.807, 2.05) is 13.8 Å². The van der Waals surface area contributed by atoms with Crippen LogP contribution in [0.25, 0.3) is 0 Å². The van der Waals surface area contributed by atoms with Crippen molar-refractivity contribution in [3.63, 3.8) is 0 Å². The Morgan fingerprint density at radius 2 is 1.79 bits per heavy atom. The fraction of sp³-hybridized carbons (Fsp3) is 1.00. The fourth-order valence-electron chi connectivity index (χ4n) is 0.734. The van der Waals surface area contributed by atoms with Gasteiger partial charge in [-0.2, -0.15) is 0 Å². The molecule has 0 bridgehead atoms. The second-order valence-corrected chi connectivity index (χ2v) is 6.39. The van der Waals surface area contributed by atoms with Crippen LogP contribution < -0.4 is 0 Å². The molecule has 1 heterocycles. The number of rotatable bonds is 2. The summed E-state index contributed by atoms with van der Waals surface area (Å²) in [6.07, 6.45) is -4.31. The van der Waals surface area contributed by atoms with Crippen LogP contribution in [0.3, 0.4) is 0 Å². The average Bonchev–Trinajstić information content (AvgIpc) is 2.01. The van der Waals surface area contributed by atoms with Gasteiger partial charge < -0.3 is 0 Å². The summed E-state index contributed by atoms with van der Waals surface area (Å²) < 4.78 is 49.9. The van der Waals surface area contributed by atoms with E-state index in [1.54, 1.807) is 0 Å². The third-order valence-electron chi connectivity index (χ3n) is 1.46. The second-order valence-electron chi connectivity index (χ2n) is 3.82. The van der Waals surface area contributed by atoms with Gasteiger partial charge in [-0.15, -0.1) is 0 Å². The molecule has 0 atom stereocenters. The van der Waals surface area contributed by atoms with E-state index >= 15 is 0 Å². The Bertz CT molecular complexity index is 185. The Morgan fingerprint density at radius 3 is 2.21 bits per heavy atom. The molecule has 1 rings (SSSR count). The van der Waals surface area contributed by atoms with Gasteiger partial charge in [0.2, 0.25) is 0 Å². The number of halogens is 3. The van der Waals surface area contributed by atoms with Gasteiger partial charge in [-0.25, -0.2) is 0 Å². The molecule has 7 heteroatoms. The summed E-state index contributed by atoms with van der Waals surface area (Å²) in [7, 11) is 0. The molecule has 0 aromatic heterocycles. The minimum atomic E-state index is -4.31. The summed E-state index contributed by atoms with van der Waals surface area (Å²) in [4.78, 5) is 0. The van der Waals surface area contributed by atoms with Crippen LogP contribution in [0.4, 0.5) is 13.2 Å². The van der Waals surface area contributed by atoms with Crippen LogP contribution >= 0.6 is 0 Å². The molecule has 0 radical (unpaired) electrons. The molecule has 0 aromatic carbocycles. The van der Waals surface area contributed by atoms with Gasteiger partial charge in [-0.05, 0) is 0 Å². The maximum absolute atomic E-state index is 11.7. The van der Waals surface area contributed by atoms with Crippen LogP contribution in [0, 0.1) is 5.41 Å². The molecule has 84 valence electrons. The first-order valence-corrected chi connectivity index (χ1v) is 6.34. The zero-order valence-corrected chi connectivity index (χ0v) is 9.80. The van der Waals surface area contributed by atoms with Crippen molar-refractivity contribution in [2.45, 2.75) is 20.0 Å². The quantitative estimate of drug-likeness (QED) is 0.717. The van der Waals surface area contributed by atoms with Gasteiger partial charge in [-0.1, -0.05) is 0 Å². The van der Waals surface area contributed by atoms with Crippen molar-refractivity contribution >= 4 is 15.7 Å². The molecule has 0 N–H and O–H groups in total. The third kappa shape index (κ3) is 4.64. The Balaban J connectivity index is 2.23. The Labute approximate surface area is 85.8 Å². The standard InChI is InChI=1S/C7H12AsF3O3/c1-6(2)3-12-8(13-4-6)14-5-7(9,10)11/h3-5H2,1-2H3. The molecule has 14 heavy (non-hydrogen) atoms. The van der Waals surface area contributed by atoms with E-state index in [1.165, 1.54) is 0 Å². The number of alkyl halides is 3. The van der Waals surface area contributed by atoms with Gasteiger partial charge in [0.15, 0.2) is 0 Å². The first-order valence-electron chi connectivity index (χ1n) is 4.04. The van der Waals surface area contributed by atoms with Crippen molar-refractivity contribution in [2.24, 2.45) is 5.41 Å². The molecule has 0 unspecified atom stereocenters. The van der Waals surface area contributed by atoms with Crippen molar-refractivity contribution < 1.29 is 24.3 Å². The van der Waals surface area contributed by atoms with Gasteiger partial charge in [0.25, 0.3) is 0 Å². The molecule has 0 spiro atoms. The van der Waals surface area contributed by atoms with Gasteiger partial charge in [0.1, 0.15) is 0 Å². The molecular weight excluding hydrogens is 264 g/mol. The van der Waals surface area contributed by atoms with Crippen LogP contribution in [-0.4, -0.2) is 41.7 Å². The first-order chi connectivity index (χ1) is 6.29. The Morgan fingerprint density at radius 1 is 1.29 bits per heavy atom. The minimum absolute atomic E-state index is 0.132. The normalized spacial score (nSPS) is 23.8. The first kappa shape index (κ1) is 12.3. The molecule has 0 aromatic rings. The summed E-state index contributed by atoms with van der Waals surface area (Å²) in [5.41, 5.74) is -0.132. The Kier molecular flexibility index (Phi) is 3.86. The van der Waals surface area contributed by atoms with Crippen molar-refractivity contribution in [1.82, 2.24) is 0 Å². The molecule has 0 amide bonds. The van der Waals surface area contributed by atoms with E-state index in [0.717, 1.165) is 0 Å². The van der Waals surface area contributed by atoms with Gasteiger partial charge in [-0.3, -0.25) is 0 Å². The molecule has 1 aliphatic rings. The van der Waals surface area contributed by atoms with Crippen LogP contribution in [0.5, 0.6) is 0 Å². The summed E-state index contributed by atoms with van der Waals surface area (Å²) in [6, 6.07) is 0. The Hall–Kier alpha value is 0.228. The van der Waals surface area contributed by atoms with Crippen molar-refractivity contribution in [3.8, 4) is 0 Å². The van der Waals surface area contributed by atoms with Gasteiger partial charge in [0, 0.05) is 0 Å². The molecule has 1 saturated heterocycles. The summed E-state index contributed by atoms with van der Waals surface area (Å²) >= 11 is -2.60. The molecular formula is C7H12AsF3O3.